The Morgan fingerprint density at radius 1 is 1.24 bits per heavy atom. The molecule has 2 aromatic rings. The number of methoxy groups -OCH3 is 1. The molecule has 0 aliphatic carbocycles. The van der Waals surface area contributed by atoms with Crippen LogP contribution in [0.15, 0.2) is 42.6 Å². The van der Waals surface area contributed by atoms with Crippen molar-refractivity contribution in [3.8, 4) is 5.88 Å². The summed E-state index contributed by atoms with van der Waals surface area (Å²) in [4.78, 5) is 14.7. The number of nitrogens with zero attached hydrogens (tertiary/aromatic N) is 2. The van der Waals surface area contributed by atoms with E-state index in [-0.39, 0.29) is 10.6 Å². The molecule has 1 N–H and O–H groups in total. The summed E-state index contributed by atoms with van der Waals surface area (Å²) in [6.07, 6.45) is 2.27. The highest BCUT2D eigenvalue weighted by molar-refractivity contribution is 5.39. The van der Waals surface area contributed by atoms with Crippen LogP contribution in [0.4, 0.5) is 5.69 Å². The van der Waals surface area contributed by atoms with Gasteiger partial charge < -0.3 is 10.1 Å². The maximum absolute atomic E-state index is 10.9. The molecule has 2 rings (SSSR count). The lowest BCUT2D eigenvalue weighted by atomic mass is 10.1. The summed E-state index contributed by atoms with van der Waals surface area (Å²) in [6.45, 7) is 1.25. The van der Waals surface area contributed by atoms with E-state index in [9.17, 15) is 10.1 Å². The van der Waals surface area contributed by atoms with E-state index in [1.165, 1.54) is 6.07 Å². The first-order valence-electron chi connectivity index (χ1n) is 6.63. The van der Waals surface area contributed by atoms with E-state index in [2.05, 4.69) is 10.3 Å². The number of hydrogen-bond acceptors (Lipinski definition) is 5. The minimum absolute atomic E-state index is 0.165. The predicted octanol–water partition coefficient (Wildman–Crippen LogP) is 2.33. The van der Waals surface area contributed by atoms with Crippen LogP contribution in [0.25, 0.3) is 0 Å². The van der Waals surface area contributed by atoms with Crippen LogP contribution in [0.1, 0.15) is 11.1 Å². The fraction of sp³-hybridized carbons (Fsp3) is 0.267. The van der Waals surface area contributed by atoms with Crippen LogP contribution in [0.3, 0.4) is 0 Å². The average Bonchev–Trinajstić information content (AvgIpc) is 2.52. The summed E-state index contributed by atoms with van der Waals surface area (Å²) in [6, 6.07) is 10.6. The molecular weight excluding hydrogens is 270 g/mol. The molecule has 0 fully saturated rings. The number of para-hydroxylation sites is 1. The molecule has 1 aromatic heterocycles. The standard InChI is InChI=1S/C15H17N3O3/c1-21-15-13(6-4-9-17-15)11-16-10-8-12-5-2-3-7-14(12)18(19)20/h2-7,9,16H,8,10-11H2,1H3. The van der Waals surface area contributed by atoms with E-state index in [1.807, 2.05) is 18.2 Å². The molecule has 0 aliphatic heterocycles. The lowest BCUT2D eigenvalue weighted by molar-refractivity contribution is -0.385. The highest BCUT2D eigenvalue weighted by Gasteiger charge is 2.11. The quantitative estimate of drug-likeness (QED) is 0.480. The first-order valence-corrected chi connectivity index (χ1v) is 6.63. The topological polar surface area (TPSA) is 77.3 Å². The predicted molar refractivity (Wildman–Crippen MR) is 79.3 cm³/mol. The van der Waals surface area contributed by atoms with E-state index in [1.54, 1.807) is 25.4 Å². The third kappa shape index (κ3) is 4.00. The summed E-state index contributed by atoms with van der Waals surface area (Å²) in [7, 11) is 1.58. The molecule has 0 saturated carbocycles. The van der Waals surface area contributed by atoms with Gasteiger partial charge in [-0.3, -0.25) is 10.1 Å². The second-order valence-corrected chi connectivity index (χ2v) is 4.48. The normalized spacial score (nSPS) is 10.3. The van der Waals surface area contributed by atoms with Gasteiger partial charge in [-0.25, -0.2) is 4.98 Å². The summed E-state index contributed by atoms with van der Waals surface area (Å²) < 4.78 is 5.17. The summed E-state index contributed by atoms with van der Waals surface area (Å²) in [5.74, 6) is 0.593. The van der Waals surface area contributed by atoms with Gasteiger partial charge in [0, 0.05) is 29.9 Å². The molecule has 0 radical (unpaired) electrons. The summed E-state index contributed by atoms with van der Waals surface area (Å²) >= 11 is 0. The maximum atomic E-state index is 10.9. The van der Waals surface area contributed by atoms with Crippen LogP contribution < -0.4 is 10.1 Å². The van der Waals surface area contributed by atoms with Crippen molar-refractivity contribution in [3.05, 3.63) is 63.8 Å². The number of nitro benzene ring substituents is 1. The zero-order valence-corrected chi connectivity index (χ0v) is 11.8. The number of pyridine rings is 1. The molecule has 6 nitrogen and oxygen atoms in total. The first kappa shape index (κ1) is 14.9. The van der Waals surface area contributed by atoms with Crippen molar-refractivity contribution in [2.24, 2.45) is 0 Å². The molecule has 0 aliphatic rings. The van der Waals surface area contributed by atoms with E-state index in [4.69, 9.17) is 4.74 Å². The van der Waals surface area contributed by atoms with E-state index in [0.717, 1.165) is 11.1 Å². The zero-order chi connectivity index (χ0) is 15.1. The Balaban J connectivity index is 1.89. The highest BCUT2D eigenvalue weighted by Crippen LogP contribution is 2.18. The second kappa shape index (κ2) is 7.35. The molecule has 0 saturated heterocycles. The van der Waals surface area contributed by atoms with E-state index < -0.39 is 0 Å². The SMILES string of the molecule is COc1ncccc1CNCCc1ccccc1[N+](=O)[O-]. The van der Waals surface area contributed by atoms with Crippen molar-refractivity contribution in [1.82, 2.24) is 10.3 Å². The van der Waals surface area contributed by atoms with Gasteiger partial charge in [0.25, 0.3) is 5.69 Å². The molecule has 110 valence electrons. The molecule has 0 bridgehead atoms. The molecule has 0 unspecified atom stereocenters. The fourth-order valence-electron chi connectivity index (χ4n) is 2.09. The molecule has 1 heterocycles. The third-order valence-corrected chi connectivity index (χ3v) is 3.12. The van der Waals surface area contributed by atoms with Gasteiger partial charge in [-0.15, -0.1) is 0 Å². The van der Waals surface area contributed by atoms with Crippen molar-refractivity contribution >= 4 is 5.69 Å². The Morgan fingerprint density at radius 2 is 2.00 bits per heavy atom. The Hall–Kier alpha value is -2.47. The zero-order valence-electron chi connectivity index (χ0n) is 11.8. The van der Waals surface area contributed by atoms with Gasteiger partial charge in [0.05, 0.1) is 12.0 Å². The van der Waals surface area contributed by atoms with Gasteiger partial charge in [-0.05, 0) is 19.0 Å². The lowest BCUT2D eigenvalue weighted by Gasteiger charge is -2.08. The van der Waals surface area contributed by atoms with Gasteiger partial charge in [0.1, 0.15) is 0 Å². The van der Waals surface area contributed by atoms with Crippen LogP contribution in [0.5, 0.6) is 5.88 Å². The third-order valence-electron chi connectivity index (χ3n) is 3.12. The van der Waals surface area contributed by atoms with Crippen LogP contribution >= 0.6 is 0 Å². The number of hydrogen-bond donors (Lipinski definition) is 1. The summed E-state index contributed by atoms with van der Waals surface area (Å²) in [5.41, 5.74) is 1.86. The van der Waals surface area contributed by atoms with E-state index in [0.29, 0.717) is 25.4 Å². The van der Waals surface area contributed by atoms with Crippen molar-refractivity contribution < 1.29 is 9.66 Å². The van der Waals surface area contributed by atoms with Gasteiger partial charge in [0.2, 0.25) is 5.88 Å². The average molecular weight is 287 g/mol. The number of nitrogens with one attached hydrogen (secondary N) is 1. The van der Waals surface area contributed by atoms with Gasteiger partial charge in [-0.1, -0.05) is 24.3 Å². The van der Waals surface area contributed by atoms with Crippen LogP contribution in [0.2, 0.25) is 0 Å². The van der Waals surface area contributed by atoms with Gasteiger partial charge in [-0.2, -0.15) is 0 Å². The number of nitro groups is 1. The number of ether oxygens (including phenoxy) is 1. The number of benzene rings is 1. The molecule has 0 amide bonds. The molecule has 0 spiro atoms. The fourth-order valence-corrected chi connectivity index (χ4v) is 2.09. The van der Waals surface area contributed by atoms with Crippen LogP contribution in [-0.2, 0) is 13.0 Å². The second-order valence-electron chi connectivity index (χ2n) is 4.48. The van der Waals surface area contributed by atoms with Crippen molar-refractivity contribution in [2.75, 3.05) is 13.7 Å². The lowest BCUT2D eigenvalue weighted by Crippen LogP contribution is -2.17. The smallest absolute Gasteiger partial charge is 0.272 e. The largest absolute Gasteiger partial charge is 0.481 e. The Kier molecular flexibility index (Phi) is 5.22. The molecule has 0 atom stereocenters. The molecular formula is C15H17N3O3. The van der Waals surface area contributed by atoms with Crippen molar-refractivity contribution in [3.63, 3.8) is 0 Å². The van der Waals surface area contributed by atoms with Crippen LogP contribution in [0, 0.1) is 10.1 Å². The first-order chi connectivity index (χ1) is 10.2. The monoisotopic (exact) mass is 287 g/mol. The minimum Gasteiger partial charge on any atom is -0.481 e. The van der Waals surface area contributed by atoms with Crippen molar-refractivity contribution in [1.29, 1.82) is 0 Å². The van der Waals surface area contributed by atoms with Crippen LogP contribution in [-0.4, -0.2) is 23.6 Å². The molecule has 21 heavy (non-hydrogen) atoms. The van der Waals surface area contributed by atoms with E-state index >= 15 is 0 Å². The minimum atomic E-state index is -0.348. The Labute approximate surface area is 122 Å². The van der Waals surface area contributed by atoms with Gasteiger partial charge >= 0.3 is 0 Å². The Bertz CT molecular complexity index is 617. The van der Waals surface area contributed by atoms with Crippen molar-refractivity contribution in [2.45, 2.75) is 13.0 Å². The number of rotatable bonds is 7. The number of aromatic nitrogens is 1. The molecule has 6 heteroatoms. The summed E-state index contributed by atoms with van der Waals surface area (Å²) in [5, 5.41) is 14.2. The molecule has 1 aromatic carbocycles. The Morgan fingerprint density at radius 3 is 2.76 bits per heavy atom. The van der Waals surface area contributed by atoms with Gasteiger partial charge in [0.15, 0.2) is 0 Å². The maximum Gasteiger partial charge on any atom is 0.272 e. The highest BCUT2D eigenvalue weighted by atomic mass is 16.6.